The number of nitrogens with zero attached hydrogens (tertiary/aromatic N) is 4. The van der Waals surface area contributed by atoms with Gasteiger partial charge >= 0.3 is 0 Å². The fraction of sp³-hybridized carbons (Fsp3) is 0.474. The molecule has 2 saturated heterocycles. The molecular formula is C19H24N4O. The molecule has 2 fully saturated rings. The standard InChI is InChI=1S/C19H24N4O/c1-21-13-16(12-20-21)14-22-10-5-8-19(15-22)9-11-23(18(19)24)17-6-3-2-4-7-17/h2-4,6-7,12-13H,5,8-11,14-15H2,1H3. The summed E-state index contributed by atoms with van der Waals surface area (Å²) in [6, 6.07) is 10.1. The summed E-state index contributed by atoms with van der Waals surface area (Å²) in [7, 11) is 1.94. The number of aryl methyl sites for hydroxylation is 1. The van der Waals surface area contributed by atoms with Crippen LogP contribution in [0.5, 0.6) is 0 Å². The van der Waals surface area contributed by atoms with Crippen molar-refractivity contribution in [2.45, 2.75) is 25.8 Å². The van der Waals surface area contributed by atoms with Crippen LogP contribution in [0.25, 0.3) is 0 Å². The molecule has 0 saturated carbocycles. The van der Waals surface area contributed by atoms with Gasteiger partial charge in [-0.2, -0.15) is 5.10 Å². The molecule has 0 bridgehead atoms. The van der Waals surface area contributed by atoms with Gasteiger partial charge in [-0.15, -0.1) is 0 Å². The molecule has 2 aliphatic heterocycles. The number of likely N-dealkylation sites (tertiary alicyclic amines) is 1. The SMILES string of the molecule is Cn1cc(CN2CCCC3(CCN(c4ccccc4)C3=O)C2)cn1. The van der Waals surface area contributed by atoms with Crippen molar-refractivity contribution in [3.05, 3.63) is 48.3 Å². The van der Waals surface area contributed by atoms with Crippen LogP contribution in [0.1, 0.15) is 24.8 Å². The van der Waals surface area contributed by atoms with Crippen molar-refractivity contribution in [2.75, 3.05) is 24.5 Å². The van der Waals surface area contributed by atoms with Crippen LogP contribution in [0.4, 0.5) is 5.69 Å². The Kier molecular flexibility index (Phi) is 3.88. The molecule has 3 heterocycles. The first-order valence-corrected chi connectivity index (χ1v) is 8.73. The maximum absolute atomic E-state index is 13.2. The molecule has 2 aliphatic rings. The number of rotatable bonds is 3. The quantitative estimate of drug-likeness (QED) is 0.871. The van der Waals surface area contributed by atoms with Crippen LogP contribution in [0.15, 0.2) is 42.7 Å². The van der Waals surface area contributed by atoms with Crippen LogP contribution in [-0.4, -0.2) is 40.2 Å². The van der Waals surface area contributed by atoms with Gasteiger partial charge in [-0.3, -0.25) is 14.4 Å². The minimum absolute atomic E-state index is 0.198. The Morgan fingerprint density at radius 2 is 2.00 bits per heavy atom. The maximum Gasteiger partial charge on any atom is 0.234 e. The predicted molar refractivity (Wildman–Crippen MR) is 93.6 cm³/mol. The van der Waals surface area contributed by atoms with Crippen LogP contribution in [0, 0.1) is 5.41 Å². The van der Waals surface area contributed by atoms with Crippen LogP contribution >= 0.6 is 0 Å². The molecule has 1 atom stereocenters. The van der Waals surface area contributed by atoms with E-state index in [1.165, 1.54) is 5.56 Å². The first-order chi connectivity index (χ1) is 11.7. The maximum atomic E-state index is 13.2. The van der Waals surface area contributed by atoms with Crippen LogP contribution in [0.3, 0.4) is 0 Å². The minimum Gasteiger partial charge on any atom is -0.312 e. The van der Waals surface area contributed by atoms with Gasteiger partial charge < -0.3 is 4.90 Å². The zero-order valence-corrected chi connectivity index (χ0v) is 14.2. The fourth-order valence-electron chi connectivity index (χ4n) is 4.23. The number of aromatic nitrogens is 2. The summed E-state index contributed by atoms with van der Waals surface area (Å²) in [6.07, 6.45) is 7.06. The second-order valence-corrected chi connectivity index (χ2v) is 7.16. The highest BCUT2D eigenvalue weighted by molar-refractivity contribution is 6.00. The van der Waals surface area contributed by atoms with E-state index in [1.807, 2.05) is 53.2 Å². The van der Waals surface area contributed by atoms with E-state index in [2.05, 4.69) is 16.2 Å². The summed E-state index contributed by atoms with van der Waals surface area (Å²) < 4.78 is 1.84. The van der Waals surface area contributed by atoms with Gasteiger partial charge in [-0.1, -0.05) is 18.2 Å². The molecule has 1 aromatic heterocycles. The van der Waals surface area contributed by atoms with Gasteiger partial charge in [-0.25, -0.2) is 0 Å². The number of piperidine rings is 1. The lowest BCUT2D eigenvalue weighted by atomic mass is 9.78. The van der Waals surface area contributed by atoms with E-state index in [4.69, 9.17) is 0 Å². The zero-order valence-electron chi connectivity index (χ0n) is 14.2. The Hall–Kier alpha value is -2.14. The third-order valence-corrected chi connectivity index (χ3v) is 5.40. The molecule has 1 unspecified atom stereocenters. The summed E-state index contributed by atoms with van der Waals surface area (Å²) in [6.45, 7) is 3.65. The Labute approximate surface area is 142 Å². The lowest BCUT2D eigenvalue weighted by Gasteiger charge is -2.38. The van der Waals surface area contributed by atoms with Gasteiger partial charge in [-0.05, 0) is 37.9 Å². The van der Waals surface area contributed by atoms with Gasteiger partial charge in [0.05, 0.1) is 11.6 Å². The molecule has 24 heavy (non-hydrogen) atoms. The zero-order chi connectivity index (χ0) is 16.6. The van der Waals surface area contributed by atoms with Crippen molar-refractivity contribution < 1.29 is 4.79 Å². The van der Waals surface area contributed by atoms with Crippen molar-refractivity contribution in [1.29, 1.82) is 0 Å². The van der Waals surface area contributed by atoms with Crippen LogP contribution < -0.4 is 4.90 Å². The van der Waals surface area contributed by atoms with Gasteiger partial charge in [0, 0.05) is 44.1 Å². The van der Waals surface area contributed by atoms with Gasteiger partial charge in [0.1, 0.15) is 0 Å². The number of benzene rings is 1. The summed E-state index contributed by atoms with van der Waals surface area (Å²) in [5, 5.41) is 4.25. The molecule has 1 spiro atoms. The minimum atomic E-state index is -0.198. The predicted octanol–water partition coefficient (Wildman–Crippen LogP) is 2.44. The molecule has 126 valence electrons. The summed E-state index contributed by atoms with van der Waals surface area (Å²) >= 11 is 0. The van der Waals surface area contributed by atoms with E-state index in [-0.39, 0.29) is 5.41 Å². The summed E-state index contributed by atoms with van der Waals surface area (Å²) in [4.78, 5) is 17.6. The Morgan fingerprint density at radius 3 is 2.75 bits per heavy atom. The molecule has 1 aromatic carbocycles. The Bertz CT molecular complexity index is 726. The fourth-order valence-corrected chi connectivity index (χ4v) is 4.23. The largest absolute Gasteiger partial charge is 0.312 e. The average Bonchev–Trinajstić information content (AvgIpc) is 3.13. The highest BCUT2D eigenvalue weighted by atomic mass is 16.2. The molecule has 0 aliphatic carbocycles. The van der Waals surface area contributed by atoms with Crippen LogP contribution in [0.2, 0.25) is 0 Å². The second-order valence-electron chi connectivity index (χ2n) is 7.16. The average molecular weight is 324 g/mol. The van der Waals surface area contributed by atoms with E-state index in [0.717, 1.165) is 51.1 Å². The third-order valence-electron chi connectivity index (χ3n) is 5.40. The lowest BCUT2D eigenvalue weighted by molar-refractivity contribution is -0.128. The Morgan fingerprint density at radius 1 is 1.17 bits per heavy atom. The van der Waals surface area contributed by atoms with Crippen molar-refractivity contribution in [3.8, 4) is 0 Å². The van der Waals surface area contributed by atoms with E-state index >= 15 is 0 Å². The first kappa shape index (κ1) is 15.4. The highest BCUT2D eigenvalue weighted by Gasteiger charge is 2.49. The molecule has 4 rings (SSSR count). The van der Waals surface area contributed by atoms with Crippen LogP contribution in [-0.2, 0) is 18.4 Å². The number of amides is 1. The van der Waals surface area contributed by atoms with Crippen molar-refractivity contribution in [3.63, 3.8) is 0 Å². The first-order valence-electron chi connectivity index (χ1n) is 8.73. The Balaban J connectivity index is 1.49. The monoisotopic (exact) mass is 324 g/mol. The molecule has 5 nitrogen and oxygen atoms in total. The molecular weight excluding hydrogens is 300 g/mol. The normalized spacial score (nSPS) is 24.9. The molecule has 5 heteroatoms. The number of carbonyl (C=O) groups excluding carboxylic acids is 1. The third kappa shape index (κ3) is 2.73. The number of hydrogen-bond donors (Lipinski definition) is 0. The molecule has 0 N–H and O–H groups in total. The number of carbonyl (C=O) groups is 1. The number of anilines is 1. The molecule has 1 amide bonds. The smallest absolute Gasteiger partial charge is 0.234 e. The lowest BCUT2D eigenvalue weighted by Crippen LogP contribution is -2.47. The van der Waals surface area contributed by atoms with Crippen molar-refractivity contribution in [2.24, 2.45) is 12.5 Å². The molecule has 0 radical (unpaired) electrons. The molecule has 2 aromatic rings. The van der Waals surface area contributed by atoms with Gasteiger partial charge in [0.15, 0.2) is 0 Å². The van der Waals surface area contributed by atoms with E-state index < -0.39 is 0 Å². The number of hydrogen-bond acceptors (Lipinski definition) is 3. The van der Waals surface area contributed by atoms with E-state index in [1.54, 1.807) is 0 Å². The summed E-state index contributed by atoms with van der Waals surface area (Å²) in [5.74, 6) is 0.310. The second kappa shape index (κ2) is 6.06. The van der Waals surface area contributed by atoms with Crippen molar-refractivity contribution in [1.82, 2.24) is 14.7 Å². The van der Waals surface area contributed by atoms with E-state index in [9.17, 15) is 4.79 Å². The van der Waals surface area contributed by atoms with Crippen molar-refractivity contribution >= 4 is 11.6 Å². The summed E-state index contributed by atoms with van der Waals surface area (Å²) in [5.41, 5.74) is 2.06. The van der Waals surface area contributed by atoms with Gasteiger partial charge in [0.25, 0.3) is 0 Å². The number of para-hydroxylation sites is 1. The van der Waals surface area contributed by atoms with Gasteiger partial charge in [0.2, 0.25) is 5.91 Å². The van der Waals surface area contributed by atoms with E-state index in [0.29, 0.717) is 5.91 Å². The highest BCUT2D eigenvalue weighted by Crippen LogP contribution is 2.42. The topological polar surface area (TPSA) is 41.4 Å².